The molecule has 0 unspecified atom stereocenters. The van der Waals surface area contributed by atoms with E-state index in [1.807, 2.05) is 13.8 Å². The number of nitrogens with zero attached hydrogens (tertiary/aromatic N) is 2. The Labute approximate surface area is 125 Å². The number of hydrogen-bond acceptors (Lipinski definition) is 5. The highest BCUT2D eigenvalue weighted by Crippen LogP contribution is 2.29. The second kappa shape index (κ2) is 5.18. The molecule has 0 saturated heterocycles. The lowest BCUT2D eigenvalue weighted by Gasteiger charge is -2.06. The number of benzene rings is 1. The molecule has 0 radical (unpaired) electrons. The highest BCUT2D eigenvalue weighted by atomic mass is 32.1. The summed E-state index contributed by atoms with van der Waals surface area (Å²) in [6, 6.07) is 6.12. The van der Waals surface area contributed by atoms with Gasteiger partial charge in [0.1, 0.15) is 11.3 Å². The van der Waals surface area contributed by atoms with E-state index in [9.17, 15) is 4.39 Å². The van der Waals surface area contributed by atoms with Crippen molar-refractivity contribution in [1.29, 1.82) is 0 Å². The van der Waals surface area contributed by atoms with Crippen LogP contribution in [0.1, 0.15) is 10.7 Å². The van der Waals surface area contributed by atoms with Gasteiger partial charge in [0.05, 0.1) is 21.3 Å². The summed E-state index contributed by atoms with van der Waals surface area (Å²) in [4.78, 5) is 9.61. The standard InChI is InChI=1S/C14H12BFN2O2S/c1-7-14(21-8(2)17-7)12-4-3-9-5-10(15(19)20)6-11(16)13(9)18-12/h3-6,19-20H,1-2H3. The lowest BCUT2D eigenvalue weighted by atomic mass is 9.79. The molecule has 106 valence electrons. The molecule has 0 bridgehead atoms. The van der Waals surface area contributed by atoms with Gasteiger partial charge in [0.15, 0.2) is 0 Å². The quantitative estimate of drug-likeness (QED) is 0.708. The minimum Gasteiger partial charge on any atom is -0.423 e. The smallest absolute Gasteiger partial charge is 0.423 e. The Morgan fingerprint density at radius 2 is 1.90 bits per heavy atom. The fourth-order valence-corrected chi connectivity index (χ4v) is 3.15. The minimum absolute atomic E-state index is 0.111. The average Bonchev–Trinajstić information content (AvgIpc) is 2.77. The summed E-state index contributed by atoms with van der Waals surface area (Å²) in [5.74, 6) is -0.573. The van der Waals surface area contributed by atoms with Crippen molar-refractivity contribution in [2.24, 2.45) is 0 Å². The lowest BCUT2D eigenvalue weighted by molar-refractivity contribution is 0.425. The van der Waals surface area contributed by atoms with Crippen LogP contribution in [0.25, 0.3) is 21.5 Å². The van der Waals surface area contributed by atoms with Crippen molar-refractivity contribution >= 4 is 34.8 Å². The van der Waals surface area contributed by atoms with E-state index in [2.05, 4.69) is 9.97 Å². The maximum absolute atomic E-state index is 14.1. The molecule has 0 fully saturated rings. The van der Waals surface area contributed by atoms with Gasteiger partial charge in [-0.1, -0.05) is 12.1 Å². The number of halogens is 1. The Bertz CT molecular complexity index is 835. The number of fused-ring (bicyclic) bond motifs is 1. The summed E-state index contributed by atoms with van der Waals surface area (Å²) in [5, 5.41) is 19.7. The van der Waals surface area contributed by atoms with Gasteiger partial charge < -0.3 is 10.0 Å². The van der Waals surface area contributed by atoms with Crippen LogP contribution >= 0.6 is 11.3 Å². The molecule has 0 aliphatic carbocycles. The van der Waals surface area contributed by atoms with Crippen molar-refractivity contribution in [1.82, 2.24) is 9.97 Å². The Morgan fingerprint density at radius 1 is 1.14 bits per heavy atom. The molecule has 1 aromatic carbocycles. The van der Waals surface area contributed by atoms with Crippen LogP contribution < -0.4 is 5.46 Å². The number of pyridine rings is 1. The van der Waals surface area contributed by atoms with E-state index < -0.39 is 12.9 Å². The molecule has 2 N–H and O–H groups in total. The third kappa shape index (κ3) is 2.55. The number of aryl methyl sites for hydroxylation is 2. The summed E-state index contributed by atoms with van der Waals surface area (Å²) in [6.07, 6.45) is 0. The second-order valence-electron chi connectivity index (χ2n) is 4.79. The van der Waals surface area contributed by atoms with Crippen molar-refractivity contribution in [2.45, 2.75) is 13.8 Å². The van der Waals surface area contributed by atoms with E-state index in [0.717, 1.165) is 21.6 Å². The van der Waals surface area contributed by atoms with Gasteiger partial charge in [0, 0.05) is 5.39 Å². The van der Waals surface area contributed by atoms with Gasteiger partial charge in [-0.2, -0.15) is 0 Å². The van der Waals surface area contributed by atoms with Crippen molar-refractivity contribution < 1.29 is 14.4 Å². The van der Waals surface area contributed by atoms with Crippen molar-refractivity contribution in [2.75, 3.05) is 0 Å². The number of aromatic nitrogens is 2. The molecule has 2 aromatic heterocycles. The van der Waals surface area contributed by atoms with Gasteiger partial charge in [0.2, 0.25) is 0 Å². The van der Waals surface area contributed by atoms with Crippen molar-refractivity contribution in [3.8, 4) is 10.6 Å². The fourth-order valence-electron chi connectivity index (χ4n) is 2.26. The van der Waals surface area contributed by atoms with Gasteiger partial charge in [-0.15, -0.1) is 11.3 Å². The first-order valence-corrected chi connectivity index (χ1v) is 7.18. The van der Waals surface area contributed by atoms with Crippen LogP contribution in [-0.4, -0.2) is 27.1 Å². The van der Waals surface area contributed by atoms with Crippen molar-refractivity contribution in [3.63, 3.8) is 0 Å². The van der Waals surface area contributed by atoms with E-state index in [1.165, 1.54) is 17.4 Å². The van der Waals surface area contributed by atoms with E-state index in [1.54, 1.807) is 12.1 Å². The van der Waals surface area contributed by atoms with Crippen LogP contribution in [0.15, 0.2) is 24.3 Å². The molecule has 0 spiro atoms. The topological polar surface area (TPSA) is 66.2 Å². The molecule has 21 heavy (non-hydrogen) atoms. The first kappa shape index (κ1) is 14.1. The van der Waals surface area contributed by atoms with E-state index in [0.29, 0.717) is 11.1 Å². The van der Waals surface area contributed by atoms with Crippen LogP contribution in [0.2, 0.25) is 0 Å². The first-order chi connectivity index (χ1) is 9.95. The summed E-state index contributed by atoms with van der Waals surface area (Å²) in [6.45, 7) is 3.81. The van der Waals surface area contributed by atoms with Crippen LogP contribution in [0.4, 0.5) is 4.39 Å². The van der Waals surface area contributed by atoms with Gasteiger partial charge in [-0.3, -0.25) is 0 Å². The second-order valence-corrected chi connectivity index (χ2v) is 6.00. The Hall–Kier alpha value is -1.83. The first-order valence-electron chi connectivity index (χ1n) is 6.36. The third-order valence-corrected chi connectivity index (χ3v) is 4.30. The molecule has 0 atom stereocenters. The fraction of sp³-hybridized carbons (Fsp3) is 0.143. The zero-order valence-electron chi connectivity index (χ0n) is 11.5. The molecule has 0 saturated carbocycles. The molecule has 7 heteroatoms. The molecular weight excluding hydrogens is 290 g/mol. The predicted molar refractivity (Wildman–Crippen MR) is 82.1 cm³/mol. The molecule has 2 heterocycles. The molecular formula is C14H12BFN2O2S. The summed E-state index contributed by atoms with van der Waals surface area (Å²) in [7, 11) is -1.70. The summed E-state index contributed by atoms with van der Waals surface area (Å²) < 4.78 is 14.1. The highest BCUT2D eigenvalue weighted by Gasteiger charge is 2.16. The minimum atomic E-state index is -1.70. The highest BCUT2D eigenvalue weighted by molar-refractivity contribution is 7.15. The normalized spacial score (nSPS) is 11.1. The molecule has 3 aromatic rings. The van der Waals surface area contributed by atoms with E-state index in [4.69, 9.17) is 10.0 Å². The molecule has 4 nitrogen and oxygen atoms in total. The van der Waals surface area contributed by atoms with Crippen LogP contribution in [0, 0.1) is 19.7 Å². The van der Waals surface area contributed by atoms with Gasteiger partial charge >= 0.3 is 7.12 Å². The number of hydrogen-bond donors (Lipinski definition) is 2. The zero-order valence-corrected chi connectivity index (χ0v) is 12.3. The molecule has 0 amide bonds. The maximum Gasteiger partial charge on any atom is 0.488 e. The number of thiazole rings is 1. The maximum atomic E-state index is 14.1. The largest absolute Gasteiger partial charge is 0.488 e. The Balaban J connectivity index is 2.19. The van der Waals surface area contributed by atoms with Gasteiger partial charge in [0.25, 0.3) is 0 Å². The van der Waals surface area contributed by atoms with Crippen LogP contribution in [-0.2, 0) is 0 Å². The zero-order chi connectivity index (χ0) is 15.1. The van der Waals surface area contributed by atoms with Crippen LogP contribution in [0.3, 0.4) is 0 Å². The Kier molecular flexibility index (Phi) is 3.48. The summed E-state index contributed by atoms with van der Waals surface area (Å²) >= 11 is 1.51. The van der Waals surface area contributed by atoms with E-state index in [-0.39, 0.29) is 11.0 Å². The molecule has 0 aliphatic heterocycles. The van der Waals surface area contributed by atoms with Crippen LogP contribution in [0.5, 0.6) is 0 Å². The SMILES string of the molecule is Cc1nc(C)c(-c2ccc3cc(B(O)O)cc(F)c3n2)s1. The monoisotopic (exact) mass is 302 g/mol. The van der Waals surface area contributed by atoms with Crippen molar-refractivity contribution in [3.05, 3.63) is 40.8 Å². The number of rotatable bonds is 2. The molecule has 0 aliphatic rings. The van der Waals surface area contributed by atoms with E-state index >= 15 is 0 Å². The average molecular weight is 302 g/mol. The molecule has 3 rings (SSSR count). The van der Waals surface area contributed by atoms with Gasteiger partial charge in [-0.05, 0) is 31.4 Å². The third-order valence-electron chi connectivity index (χ3n) is 3.20. The lowest BCUT2D eigenvalue weighted by Crippen LogP contribution is -2.30. The summed E-state index contributed by atoms with van der Waals surface area (Å²) in [5.41, 5.74) is 1.86. The predicted octanol–water partition coefficient (Wildman–Crippen LogP) is 1.79. The Morgan fingerprint density at radius 3 is 2.52 bits per heavy atom. The van der Waals surface area contributed by atoms with Gasteiger partial charge in [-0.25, -0.2) is 14.4 Å².